The Morgan fingerprint density at radius 1 is 0.944 bits per heavy atom. The summed E-state index contributed by atoms with van der Waals surface area (Å²) in [5.41, 5.74) is 2.41. The van der Waals surface area contributed by atoms with Gasteiger partial charge in [-0.05, 0) is 30.3 Å². The van der Waals surface area contributed by atoms with Gasteiger partial charge in [0.05, 0.1) is 15.6 Å². The van der Waals surface area contributed by atoms with E-state index >= 15 is 0 Å². The van der Waals surface area contributed by atoms with E-state index in [9.17, 15) is 0 Å². The van der Waals surface area contributed by atoms with Crippen LogP contribution in [0.4, 0.5) is 0 Å². The van der Waals surface area contributed by atoms with E-state index in [1.807, 2.05) is 18.2 Å². The smallest absolute Gasteiger partial charge is 0.140 e. The van der Waals surface area contributed by atoms with Crippen LogP contribution in [0.3, 0.4) is 0 Å². The van der Waals surface area contributed by atoms with Gasteiger partial charge in [-0.3, -0.25) is 0 Å². The second kappa shape index (κ2) is 4.47. The third-order valence-electron chi connectivity index (χ3n) is 2.65. The van der Waals surface area contributed by atoms with Crippen molar-refractivity contribution in [1.29, 1.82) is 0 Å². The Morgan fingerprint density at radius 3 is 2.50 bits per heavy atom. The molecule has 18 heavy (non-hydrogen) atoms. The zero-order chi connectivity index (χ0) is 12.7. The molecule has 1 heterocycles. The molecule has 0 bridgehead atoms. The molecule has 0 atom stereocenters. The summed E-state index contributed by atoms with van der Waals surface area (Å²) in [4.78, 5) is 7.65. The Kier molecular flexibility index (Phi) is 2.94. The molecule has 0 aliphatic heterocycles. The molecule has 0 aliphatic carbocycles. The van der Waals surface area contributed by atoms with Crippen LogP contribution in [0.5, 0.6) is 0 Å². The van der Waals surface area contributed by atoms with Crippen molar-refractivity contribution in [3.63, 3.8) is 0 Å². The normalized spacial score (nSPS) is 11.1. The largest absolute Gasteiger partial charge is 0.338 e. The number of aromatic nitrogens is 2. The Balaban J connectivity index is 2.23. The van der Waals surface area contributed by atoms with Crippen molar-refractivity contribution in [2.75, 3.05) is 0 Å². The van der Waals surface area contributed by atoms with Crippen molar-refractivity contribution in [3.05, 3.63) is 51.5 Å². The minimum absolute atomic E-state index is 0.553. The second-order valence-corrected chi connectivity index (χ2v) is 5.10. The molecular weight excluding hydrogens is 291 g/mol. The van der Waals surface area contributed by atoms with Gasteiger partial charge >= 0.3 is 0 Å². The number of halogens is 3. The summed E-state index contributed by atoms with van der Waals surface area (Å²) in [5, 5.41) is 1.76. The van der Waals surface area contributed by atoms with Gasteiger partial charge in [0.1, 0.15) is 11.3 Å². The fraction of sp³-hybridized carbons (Fsp3) is 0. The van der Waals surface area contributed by atoms with Gasteiger partial charge in [0.15, 0.2) is 0 Å². The molecule has 0 fully saturated rings. The summed E-state index contributed by atoms with van der Waals surface area (Å²) in [6, 6.07) is 10.9. The molecule has 0 saturated carbocycles. The average Bonchev–Trinajstić information content (AvgIpc) is 2.74. The minimum atomic E-state index is 0.553. The summed E-state index contributed by atoms with van der Waals surface area (Å²) in [7, 11) is 0. The second-order valence-electron chi connectivity index (χ2n) is 3.85. The molecule has 5 heteroatoms. The third kappa shape index (κ3) is 1.97. The first-order valence-corrected chi connectivity index (χ1v) is 6.38. The molecule has 0 spiro atoms. The highest BCUT2D eigenvalue weighted by Crippen LogP contribution is 2.31. The van der Waals surface area contributed by atoms with Gasteiger partial charge < -0.3 is 4.98 Å². The number of rotatable bonds is 1. The fourth-order valence-corrected chi connectivity index (χ4v) is 2.52. The maximum absolute atomic E-state index is 6.15. The molecule has 0 radical (unpaired) electrons. The SMILES string of the molecule is Clc1ccc(-c2nc3c(Cl)cccc3[nH]2)c(Cl)c1. The lowest BCUT2D eigenvalue weighted by Crippen LogP contribution is -1.81. The molecule has 0 amide bonds. The predicted molar refractivity (Wildman–Crippen MR) is 76.6 cm³/mol. The van der Waals surface area contributed by atoms with Gasteiger partial charge in [0.25, 0.3) is 0 Å². The monoisotopic (exact) mass is 296 g/mol. The molecule has 90 valence electrons. The van der Waals surface area contributed by atoms with Crippen LogP contribution in [0.2, 0.25) is 15.1 Å². The van der Waals surface area contributed by atoms with Crippen LogP contribution in [0.1, 0.15) is 0 Å². The van der Waals surface area contributed by atoms with E-state index in [1.165, 1.54) is 0 Å². The van der Waals surface area contributed by atoms with Crippen LogP contribution in [0.15, 0.2) is 36.4 Å². The number of hydrogen-bond acceptors (Lipinski definition) is 1. The number of aromatic amines is 1. The number of H-pyrrole nitrogens is 1. The molecule has 2 nitrogen and oxygen atoms in total. The van der Waals surface area contributed by atoms with Crippen LogP contribution in [0, 0.1) is 0 Å². The minimum Gasteiger partial charge on any atom is -0.338 e. The number of benzene rings is 2. The lowest BCUT2D eigenvalue weighted by molar-refractivity contribution is 1.34. The highest BCUT2D eigenvalue weighted by atomic mass is 35.5. The molecule has 1 N–H and O–H groups in total. The lowest BCUT2D eigenvalue weighted by atomic mass is 10.2. The molecule has 2 aromatic carbocycles. The predicted octanol–water partition coefficient (Wildman–Crippen LogP) is 5.19. The summed E-state index contributed by atoms with van der Waals surface area (Å²) >= 11 is 18.1. The molecular formula is C13H7Cl3N2. The molecule has 3 aromatic rings. The standard InChI is InChI=1S/C13H7Cl3N2/c14-7-4-5-8(10(16)6-7)13-17-11-3-1-2-9(15)12(11)18-13/h1-6H,(H,17,18). The highest BCUT2D eigenvalue weighted by molar-refractivity contribution is 6.36. The van der Waals surface area contributed by atoms with Crippen LogP contribution in [-0.4, -0.2) is 9.97 Å². The maximum atomic E-state index is 6.15. The van der Waals surface area contributed by atoms with Gasteiger partial charge in [-0.1, -0.05) is 40.9 Å². The van der Waals surface area contributed by atoms with Gasteiger partial charge in [0, 0.05) is 10.6 Å². The Bertz CT molecular complexity index is 734. The first kappa shape index (κ1) is 11.8. The van der Waals surface area contributed by atoms with E-state index in [2.05, 4.69) is 9.97 Å². The summed E-state index contributed by atoms with van der Waals surface area (Å²) in [6.45, 7) is 0. The Morgan fingerprint density at radius 2 is 1.78 bits per heavy atom. The van der Waals surface area contributed by atoms with E-state index < -0.39 is 0 Å². The quantitative estimate of drug-likeness (QED) is 0.658. The number of para-hydroxylation sites is 1. The number of imidazole rings is 1. The summed E-state index contributed by atoms with van der Waals surface area (Å²) in [5.74, 6) is 0.680. The topological polar surface area (TPSA) is 28.7 Å². The van der Waals surface area contributed by atoms with E-state index in [0.29, 0.717) is 20.9 Å². The molecule has 0 aliphatic rings. The van der Waals surface area contributed by atoms with Crippen molar-refractivity contribution in [2.45, 2.75) is 0 Å². The van der Waals surface area contributed by atoms with Crippen molar-refractivity contribution >= 4 is 45.8 Å². The van der Waals surface area contributed by atoms with Crippen LogP contribution in [-0.2, 0) is 0 Å². The number of nitrogens with one attached hydrogen (secondary N) is 1. The van der Waals surface area contributed by atoms with Crippen LogP contribution < -0.4 is 0 Å². The van der Waals surface area contributed by atoms with Crippen molar-refractivity contribution in [3.8, 4) is 11.4 Å². The van der Waals surface area contributed by atoms with E-state index in [1.54, 1.807) is 18.2 Å². The van der Waals surface area contributed by atoms with E-state index in [4.69, 9.17) is 34.8 Å². The fourth-order valence-electron chi connectivity index (χ4n) is 1.81. The van der Waals surface area contributed by atoms with Crippen LogP contribution in [0.25, 0.3) is 22.4 Å². The summed E-state index contributed by atoms with van der Waals surface area (Å²) in [6.07, 6.45) is 0. The van der Waals surface area contributed by atoms with Crippen LogP contribution >= 0.6 is 34.8 Å². The van der Waals surface area contributed by atoms with E-state index in [0.717, 1.165) is 16.6 Å². The average molecular weight is 298 g/mol. The Labute approximate surface area is 119 Å². The van der Waals surface area contributed by atoms with Crippen molar-refractivity contribution < 1.29 is 0 Å². The Hall–Kier alpha value is -1.22. The third-order valence-corrected chi connectivity index (χ3v) is 3.50. The van der Waals surface area contributed by atoms with Crippen molar-refractivity contribution in [1.82, 2.24) is 9.97 Å². The molecule has 0 unspecified atom stereocenters. The lowest BCUT2D eigenvalue weighted by Gasteiger charge is -2.00. The van der Waals surface area contributed by atoms with Gasteiger partial charge in [0.2, 0.25) is 0 Å². The number of hydrogen-bond donors (Lipinski definition) is 1. The first-order valence-electron chi connectivity index (χ1n) is 5.25. The number of fused-ring (bicyclic) bond motifs is 1. The molecule has 0 saturated heterocycles. The highest BCUT2D eigenvalue weighted by Gasteiger charge is 2.10. The molecule has 1 aromatic heterocycles. The summed E-state index contributed by atoms with van der Waals surface area (Å²) < 4.78 is 0. The van der Waals surface area contributed by atoms with E-state index in [-0.39, 0.29) is 0 Å². The zero-order valence-electron chi connectivity index (χ0n) is 9.05. The van der Waals surface area contributed by atoms with Gasteiger partial charge in [-0.15, -0.1) is 0 Å². The molecule has 3 rings (SSSR count). The first-order chi connectivity index (χ1) is 8.65. The van der Waals surface area contributed by atoms with Gasteiger partial charge in [-0.25, -0.2) is 4.98 Å². The zero-order valence-corrected chi connectivity index (χ0v) is 11.3. The number of nitrogens with zero attached hydrogens (tertiary/aromatic N) is 1. The van der Waals surface area contributed by atoms with Crippen molar-refractivity contribution in [2.24, 2.45) is 0 Å². The van der Waals surface area contributed by atoms with Gasteiger partial charge in [-0.2, -0.15) is 0 Å². The maximum Gasteiger partial charge on any atom is 0.140 e.